The van der Waals surface area contributed by atoms with Gasteiger partial charge in [0.25, 0.3) is 0 Å². The number of carbonyl (C=O) groups is 2. The summed E-state index contributed by atoms with van der Waals surface area (Å²) in [7, 11) is 0. The van der Waals surface area contributed by atoms with Crippen molar-refractivity contribution in [1.29, 1.82) is 0 Å². The van der Waals surface area contributed by atoms with Crippen molar-refractivity contribution in [3.8, 4) is 0 Å². The smallest absolute Gasteiger partial charge is 0.326 e. The Morgan fingerprint density at radius 1 is 1.53 bits per heavy atom. The fourth-order valence-corrected chi connectivity index (χ4v) is 1.55. The highest BCUT2D eigenvalue weighted by atomic mass is 19.2. The summed E-state index contributed by atoms with van der Waals surface area (Å²) in [6.45, 7) is 3.31. The van der Waals surface area contributed by atoms with Gasteiger partial charge in [0.15, 0.2) is 0 Å². The zero-order valence-electron chi connectivity index (χ0n) is 10.7. The van der Waals surface area contributed by atoms with Gasteiger partial charge >= 0.3 is 5.97 Å². The normalized spacial score (nSPS) is 14.1. The van der Waals surface area contributed by atoms with E-state index in [2.05, 4.69) is 15.3 Å². The first-order valence-corrected chi connectivity index (χ1v) is 5.82. The van der Waals surface area contributed by atoms with Crippen LogP contribution in [-0.4, -0.2) is 39.0 Å². The van der Waals surface area contributed by atoms with E-state index in [1.54, 1.807) is 13.8 Å². The molecule has 0 saturated heterocycles. The second-order valence-corrected chi connectivity index (χ2v) is 4.49. The van der Waals surface area contributed by atoms with Crippen LogP contribution in [0.4, 0.5) is 4.48 Å². The van der Waals surface area contributed by atoms with Crippen molar-refractivity contribution in [2.24, 2.45) is 5.92 Å². The van der Waals surface area contributed by atoms with Gasteiger partial charge in [-0.3, -0.25) is 4.79 Å². The lowest BCUT2D eigenvalue weighted by Gasteiger charge is -2.20. The lowest BCUT2D eigenvalue weighted by atomic mass is 10.0. The second kappa shape index (κ2) is 6.83. The van der Waals surface area contributed by atoms with Gasteiger partial charge in [-0.2, -0.15) is 0 Å². The van der Waals surface area contributed by atoms with Crippen molar-refractivity contribution in [3.63, 3.8) is 0 Å². The van der Waals surface area contributed by atoms with Crippen LogP contribution in [0.2, 0.25) is 0 Å². The lowest BCUT2D eigenvalue weighted by molar-refractivity contribution is -0.142. The maximum Gasteiger partial charge on any atom is 0.326 e. The molecule has 0 bridgehead atoms. The van der Waals surface area contributed by atoms with Gasteiger partial charge in [-0.05, 0) is 5.92 Å². The van der Waals surface area contributed by atoms with E-state index in [9.17, 15) is 14.1 Å². The van der Waals surface area contributed by atoms with E-state index in [1.165, 1.54) is 18.1 Å². The molecule has 1 aromatic rings. The Kier molecular flexibility index (Phi) is 5.43. The number of nitrogens with one attached hydrogen (secondary N) is 3. The van der Waals surface area contributed by atoms with Gasteiger partial charge in [-0.15, -0.1) is 10.0 Å². The van der Waals surface area contributed by atoms with Crippen LogP contribution in [-0.2, 0) is 16.0 Å². The van der Waals surface area contributed by atoms with Crippen LogP contribution in [0.15, 0.2) is 12.5 Å². The summed E-state index contributed by atoms with van der Waals surface area (Å²) in [5, 5.41) is 11.3. The van der Waals surface area contributed by atoms with Crippen molar-refractivity contribution in [3.05, 3.63) is 18.2 Å². The number of aliphatic carboxylic acids is 1. The molecule has 0 saturated carbocycles. The average Bonchev–Trinajstić information content (AvgIpc) is 2.81. The molecule has 106 valence electrons. The zero-order chi connectivity index (χ0) is 14.4. The molecule has 0 aliphatic rings. The fourth-order valence-electron chi connectivity index (χ4n) is 1.55. The highest BCUT2D eigenvalue weighted by Gasteiger charge is 2.27. The van der Waals surface area contributed by atoms with Crippen LogP contribution in [0.5, 0.6) is 0 Å². The fraction of sp³-hybridized carbons (Fsp3) is 0.545. The highest BCUT2D eigenvalue weighted by Crippen LogP contribution is 2.04. The Morgan fingerprint density at radius 3 is 2.63 bits per heavy atom. The number of H-pyrrole nitrogens is 1. The minimum atomic E-state index is -1.20. The van der Waals surface area contributed by atoms with E-state index in [4.69, 9.17) is 5.11 Å². The number of nitrogens with zero attached hydrogens (tertiary/aromatic N) is 1. The molecule has 2 atom stereocenters. The van der Waals surface area contributed by atoms with Crippen LogP contribution in [0.1, 0.15) is 19.5 Å². The summed E-state index contributed by atoms with van der Waals surface area (Å²) in [4.78, 5) is 29.4. The maximum absolute atomic E-state index is 12.5. The Hall–Kier alpha value is -1.96. The molecule has 0 aromatic carbocycles. The van der Waals surface area contributed by atoms with Crippen molar-refractivity contribution in [1.82, 2.24) is 20.8 Å². The van der Waals surface area contributed by atoms with Gasteiger partial charge in [0.05, 0.1) is 12.0 Å². The van der Waals surface area contributed by atoms with Gasteiger partial charge in [0.1, 0.15) is 12.1 Å². The minimum Gasteiger partial charge on any atom is -0.480 e. The summed E-state index contributed by atoms with van der Waals surface area (Å²) in [6.07, 6.45) is 2.98. The molecule has 0 radical (unpaired) electrons. The molecule has 7 nitrogen and oxygen atoms in total. The Bertz CT molecular complexity index is 422. The molecule has 0 aliphatic heterocycles. The zero-order valence-corrected chi connectivity index (χ0v) is 10.7. The molecule has 0 unspecified atom stereocenters. The van der Waals surface area contributed by atoms with Gasteiger partial charge in [-0.25, -0.2) is 9.78 Å². The monoisotopic (exact) mass is 272 g/mol. The molecule has 8 heteroatoms. The number of aromatic nitrogens is 2. The summed E-state index contributed by atoms with van der Waals surface area (Å²) in [5.74, 6) is -2.19. The Balaban J connectivity index is 2.68. The van der Waals surface area contributed by atoms with Gasteiger partial charge < -0.3 is 15.4 Å². The van der Waals surface area contributed by atoms with E-state index in [-0.39, 0.29) is 12.3 Å². The number of imidazole rings is 1. The number of carbonyl (C=O) groups excluding carboxylic acids is 1. The third-order valence-corrected chi connectivity index (χ3v) is 2.65. The first-order chi connectivity index (χ1) is 8.95. The summed E-state index contributed by atoms with van der Waals surface area (Å²) in [6, 6.07) is -2.23. The predicted octanol–water partition coefficient (Wildman–Crippen LogP) is 0.0203. The molecule has 1 amide bonds. The first kappa shape index (κ1) is 15.1. The van der Waals surface area contributed by atoms with Gasteiger partial charge in [0, 0.05) is 12.6 Å². The Labute approximate surface area is 109 Å². The van der Waals surface area contributed by atoms with Crippen molar-refractivity contribution < 1.29 is 19.2 Å². The molecular weight excluding hydrogens is 255 g/mol. The van der Waals surface area contributed by atoms with E-state index >= 15 is 0 Å². The largest absolute Gasteiger partial charge is 0.480 e. The molecular formula is C11H17FN4O3. The lowest BCUT2D eigenvalue weighted by Crippen LogP contribution is -2.51. The molecule has 19 heavy (non-hydrogen) atoms. The van der Waals surface area contributed by atoms with Gasteiger partial charge in [0.2, 0.25) is 5.91 Å². The quantitative estimate of drug-likeness (QED) is 0.523. The van der Waals surface area contributed by atoms with Crippen molar-refractivity contribution in [2.75, 3.05) is 0 Å². The number of carboxylic acids is 1. The number of aromatic amines is 1. The van der Waals surface area contributed by atoms with Crippen molar-refractivity contribution in [2.45, 2.75) is 32.4 Å². The molecule has 0 aliphatic carbocycles. The Morgan fingerprint density at radius 2 is 2.21 bits per heavy atom. The van der Waals surface area contributed by atoms with E-state index < -0.39 is 24.0 Å². The second-order valence-electron chi connectivity index (χ2n) is 4.49. The van der Waals surface area contributed by atoms with Crippen LogP contribution in [0, 0.1) is 5.92 Å². The molecule has 0 spiro atoms. The summed E-state index contributed by atoms with van der Waals surface area (Å²) < 4.78 is 12.5. The van der Waals surface area contributed by atoms with E-state index in [0.29, 0.717) is 5.69 Å². The topological polar surface area (TPSA) is 107 Å². The maximum atomic E-state index is 12.5. The number of carboxylic acid groups (broad SMARTS) is 1. The number of halogens is 1. The summed E-state index contributed by atoms with van der Waals surface area (Å²) >= 11 is 0. The van der Waals surface area contributed by atoms with Crippen LogP contribution in [0.3, 0.4) is 0 Å². The predicted molar refractivity (Wildman–Crippen MR) is 64.7 cm³/mol. The number of hydrogen-bond acceptors (Lipinski definition) is 4. The summed E-state index contributed by atoms with van der Waals surface area (Å²) in [5.41, 5.74) is 1.88. The number of amides is 1. The standard InChI is InChI=1S/C11H17FN4O3/c1-6(2)9(16-12)10(17)15-8(11(18)19)3-7-4-13-5-14-7/h4-6,8-9,16H,3H2,1-2H3,(H,13,14)(H,15,17)(H,18,19)/t8-,9-/m0/s1. The van der Waals surface area contributed by atoms with Crippen LogP contribution >= 0.6 is 0 Å². The highest BCUT2D eigenvalue weighted by molar-refractivity contribution is 5.87. The molecule has 1 aromatic heterocycles. The van der Waals surface area contributed by atoms with Gasteiger partial charge in [-0.1, -0.05) is 13.8 Å². The first-order valence-electron chi connectivity index (χ1n) is 5.82. The van der Waals surface area contributed by atoms with Crippen LogP contribution < -0.4 is 10.9 Å². The van der Waals surface area contributed by atoms with E-state index in [0.717, 1.165) is 0 Å². The van der Waals surface area contributed by atoms with Crippen molar-refractivity contribution >= 4 is 11.9 Å². The minimum absolute atomic E-state index is 0.0294. The third-order valence-electron chi connectivity index (χ3n) is 2.65. The number of hydrogen-bond donors (Lipinski definition) is 4. The van der Waals surface area contributed by atoms with E-state index in [1.807, 2.05) is 0 Å². The third kappa shape index (κ3) is 4.32. The SMILES string of the molecule is CC(C)[C@H](NF)C(=O)N[C@@H](Cc1c[nH]cn1)C(=O)O. The number of rotatable bonds is 7. The van der Waals surface area contributed by atoms with Crippen LogP contribution in [0.25, 0.3) is 0 Å². The molecule has 4 N–H and O–H groups in total. The molecule has 0 fully saturated rings. The average molecular weight is 272 g/mol. The molecule has 1 heterocycles. The molecule has 1 rings (SSSR count).